The molecule has 0 amide bonds. The summed E-state index contributed by atoms with van der Waals surface area (Å²) in [5.74, 6) is 1.01. The molecule has 0 saturated heterocycles. The van der Waals surface area contributed by atoms with Gasteiger partial charge in [0.15, 0.2) is 0 Å². The van der Waals surface area contributed by atoms with Crippen LogP contribution in [0.2, 0.25) is 0 Å². The number of nitrogens with one attached hydrogen (secondary N) is 2. The first kappa shape index (κ1) is 15.6. The van der Waals surface area contributed by atoms with Crippen LogP contribution >= 0.6 is 0 Å². The number of fused-ring (bicyclic) bond motifs is 1. The Hall–Kier alpha value is -2.92. The van der Waals surface area contributed by atoms with E-state index in [-0.39, 0.29) is 6.04 Å². The number of hydrogen-bond acceptors (Lipinski definition) is 3. The zero-order valence-electron chi connectivity index (χ0n) is 14.4. The molecule has 4 rings (SSSR count). The van der Waals surface area contributed by atoms with Gasteiger partial charge in [-0.25, -0.2) is 4.98 Å². The Bertz CT molecular complexity index is 984. The molecular weight excluding hydrogens is 310 g/mol. The lowest BCUT2D eigenvalue weighted by atomic mass is 10.1. The molecule has 0 spiro atoms. The van der Waals surface area contributed by atoms with Crippen molar-refractivity contribution in [2.45, 2.75) is 19.5 Å². The van der Waals surface area contributed by atoms with E-state index in [0.717, 1.165) is 29.1 Å². The number of para-hydroxylation sites is 2. The molecule has 2 heterocycles. The molecule has 0 aliphatic carbocycles. The molecule has 0 saturated carbocycles. The molecule has 5 heteroatoms. The molecule has 0 radical (unpaired) electrons. The second-order valence-corrected chi connectivity index (χ2v) is 6.26. The third-order valence-electron chi connectivity index (χ3n) is 4.64. The highest BCUT2D eigenvalue weighted by Gasteiger charge is 2.20. The van der Waals surface area contributed by atoms with E-state index in [4.69, 9.17) is 4.98 Å². The van der Waals surface area contributed by atoms with Gasteiger partial charge in [-0.15, -0.1) is 0 Å². The Labute approximate surface area is 146 Å². The lowest BCUT2D eigenvalue weighted by molar-refractivity contribution is 0.560. The van der Waals surface area contributed by atoms with Crippen LogP contribution in [-0.4, -0.2) is 19.7 Å². The smallest absolute Gasteiger partial charge is 0.131 e. The number of nitrogens with zero attached hydrogens (tertiary/aromatic N) is 3. The number of hydrogen-bond donors (Lipinski definition) is 2. The van der Waals surface area contributed by atoms with Crippen LogP contribution in [0.15, 0.2) is 60.8 Å². The van der Waals surface area contributed by atoms with Gasteiger partial charge in [0.1, 0.15) is 5.82 Å². The minimum atomic E-state index is 0.00731. The fraction of sp³-hybridized carbons (Fsp3) is 0.200. The maximum absolute atomic E-state index is 4.89. The molecule has 0 fully saturated rings. The molecule has 1 atom stereocenters. The molecule has 2 aromatic heterocycles. The van der Waals surface area contributed by atoms with E-state index in [1.807, 2.05) is 31.3 Å². The highest BCUT2D eigenvalue weighted by Crippen LogP contribution is 2.25. The number of H-pyrrole nitrogens is 1. The third-order valence-corrected chi connectivity index (χ3v) is 4.64. The van der Waals surface area contributed by atoms with Crippen LogP contribution in [0.5, 0.6) is 0 Å². The Kier molecular flexibility index (Phi) is 4.07. The Morgan fingerprint density at radius 2 is 1.84 bits per heavy atom. The van der Waals surface area contributed by atoms with Crippen LogP contribution in [0.1, 0.15) is 28.7 Å². The van der Waals surface area contributed by atoms with Gasteiger partial charge in [0.05, 0.1) is 23.3 Å². The Morgan fingerprint density at radius 3 is 2.56 bits per heavy atom. The number of aryl methyl sites for hydroxylation is 2. The van der Waals surface area contributed by atoms with Crippen LogP contribution in [0.4, 0.5) is 0 Å². The molecule has 4 aromatic rings. The van der Waals surface area contributed by atoms with Crippen LogP contribution in [0.25, 0.3) is 11.0 Å². The molecule has 2 N–H and O–H groups in total. The van der Waals surface area contributed by atoms with Crippen molar-refractivity contribution in [2.24, 2.45) is 7.05 Å². The van der Waals surface area contributed by atoms with Gasteiger partial charge in [0, 0.05) is 24.8 Å². The summed E-state index contributed by atoms with van der Waals surface area (Å²) in [5.41, 5.74) is 5.60. The first-order valence-corrected chi connectivity index (χ1v) is 8.42. The third kappa shape index (κ3) is 2.94. The normalized spacial score (nSPS) is 12.6. The van der Waals surface area contributed by atoms with Crippen molar-refractivity contribution in [3.05, 3.63) is 83.4 Å². The molecule has 126 valence electrons. The number of aromatic amines is 1. The van der Waals surface area contributed by atoms with E-state index in [1.54, 1.807) is 0 Å². The lowest BCUT2D eigenvalue weighted by Gasteiger charge is -2.19. The lowest BCUT2D eigenvalue weighted by Crippen LogP contribution is -2.25. The van der Waals surface area contributed by atoms with Gasteiger partial charge in [-0.05, 0) is 24.6 Å². The van der Waals surface area contributed by atoms with E-state index in [1.165, 1.54) is 11.1 Å². The van der Waals surface area contributed by atoms with Crippen molar-refractivity contribution < 1.29 is 0 Å². The number of aromatic nitrogens is 4. The van der Waals surface area contributed by atoms with Crippen molar-refractivity contribution in [2.75, 3.05) is 0 Å². The van der Waals surface area contributed by atoms with Gasteiger partial charge in [-0.1, -0.05) is 42.5 Å². The number of imidazole rings is 1. The fourth-order valence-electron chi connectivity index (χ4n) is 3.19. The van der Waals surface area contributed by atoms with Crippen LogP contribution < -0.4 is 5.32 Å². The summed E-state index contributed by atoms with van der Waals surface area (Å²) in [6.07, 6.45) is 1.87. The number of rotatable bonds is 5. The second-order valence-electron chi connectivity index (χ2n) is 6.26. The van der Waals surface area contributed by atoms with Crippen molar-refractivity contribution in [1.29, 1.82) is 0 Å². The monoisotopic (exact) mass is 331 g/mol. The summed E-state index contributed by atoms with van der Waals surface area (Å²) in [6.45, 7) is 2.77. The van der Waals surface area contributed by atoms with Gasteiger partial charge >= 0.3 is 0 Å². The number of benzene rings is 2. The van der Waals surface area contributed by atoms with Crippen LogP contribution in [0.3, 0.4) is 0 Å². The van der Waals surface area contributed by atoms with Crippen molar-refractivity contribution in [1.82, 2.24) is 25.1 Å². The highest BCUT2D eigenvalue weighted by molar-refractivity contribution is 5.76. The van der Waals surface area contributed by atoms with Crippen LogP contribution in [0, 0.1) is 6.92 Å². The maximum Gasteiger partial charge on any atom is 0.131 e. The van der Waals surface area contributed by atoms with E-state index in [2.05, 4.69) is 63.5 Å². The van der Waals surface area contributed by atoms with Gasteiger partial charge in [0.2, 0.25) is 0 Å². The van der Waals surface area contributed by atoms with E-state index in [0.29, 0.717) is 0 Å². The van der Waals surface area contributed by atoms with E-state index >= 15 is 0 Å². The van der Waals surface area contributed by atoms with Crippen molar-refractivity contribution in [3.8, 4) is 0 Å². The van der Waals surface area contributed by atoms with Gasteiger partial charge in [0.25, 0.3) is 0 Å². The van der Waals surface area contributed by atoms with Crippen molar-refractivity contribution in [3.63, 3.8) is 0 Å². The SMILES string of the molecule is Cc1[nH]ncc1CN[C@H](c1ccccc1)c1nc2ccccc2n1C. The van der Waals surface area contributed by atoms with E-state index in [9.17, 15) is 0 Å². The molecule has 2 aromatic carbocycles. The minimum Gasteiger partial charge on any atom is -0.330 e. The fourth-order valence-corrected chi connectivity index (χ4v) is 3.19. The molecule has 25 heavy (non-hydrogen) atoms. The van der Waals surface area contributed by atoms with Gasteiger partial charge in [-0.2, -0.15) is 5.10 Å². The molecule has 0 aliphatic rings. The molecule has 0 bridgehead atoms. The zero-order chi connectivity index (χ0) is 17.2. The van der Waals surface area contributed by atoms with Gasteiger partial charge in [-0.3, -0.25) is 10.4 Å². The largest absolute Gasteiger partial charge is 0.330 e. The van der Waals surface area contributed by atoms with Crippen LogP contribution in [-0.2, 0) is 13.6 Å². The predicted octanol–water partition coefficient (Wildman–Crippen LogP) is 3.48. The first-order chi connectivity index (χ1) is 12.2. The summed E-state index contributed by atoms with van der Waals surface area (Å²) in [7, 11) is 2.07. The average molecular weight is 331 g/mol. The summed E-state index contributed by atoms with van der Waals surface area (Å²) in [5, 5.41) is 10.8. The second kappa shape index (κ2) is 6.53. The summed E-state index contributed by atoms with van der Waals surface area (Å²) in [4.78, 5) is 4.89. The standard InChI is InChI=1S/C20H21N5/c1-14-16(13-22-24-14)12-21-19(15-8-4-3-5-9-15)20-23-17-10-6-7-11-18(17)25(20)2/h3-11,13,19,21H,12H2,1-2H3,(H,22,24)/t19-/m1/s1. The maximum atomic E-state index is 4.89. The molecule has 0 unspecified atom stereocenters. The summed E-state index contributed by atoms with van der Waals surface area (Å²) in [6, 6.07) is 18.7. The summed E-state index contributed by atoms with van der Waals surface area (Å²) >= 11 is 0. The topological polar surface area (TPSA) is 58.5 Å². The summed E-state index contributed by atoms with van der Waals surface area (Å²) < 4.78 is 2.17. The molecular formula is C20H21N5. The minimum absolute atomic E-state index is 0.00731. The molecule has 5 nitrogen and oxygen atoms in total. The highest BCUT2D eigenvalue weighted by atomic mass is 15.1. The quantitative estimate of drug-likeness (QED) is 0.588. The Morgan fingerprint density at radius 1 is 1.08 bits per heavy atom. The van der Waals surface area contributed by atoms with Crippen molar-refractivity contribution >= 4 is 11.0 Å². The molecule has 0 aliphatic heterocycles. The zero-order valence-corrected chi connectivity index (χ0v) is 14.4. The van der Waals surface area contributed by atoms with Gasteiger partial charge < -0.3 is 4.57 Å². The average Bonchev–Trinajstić information content (AvgIpc) is 3.20. The first-order valence-electron chi connectivity index (χ1n) is 8.42. The Balaban J connectivity index is 1.74. The van der Waals surface area contributed by atoms with E-state index < -0.39 is 0 Å². The predicted molar refractivity (Wildman–Crippen MR) is 99.2 cm³/mol.